The van der Waals surface area contributed by atoms with Gasteiger partial charge in [0.05, 0.1) is 28.1 Å². The largest absolute Gasteiger partial charge is 0.461 e. The zero-order valence-corrected chi connectivity index (χ0v) is 26.9. The van der Waals surface area contributed by atoms with E-state index in [0.717, 1.165) is 12.0 Å². The maximum atomic E-state index is 13.6. The van der Waals surface area contributed by atoms with Crippen LogP contribution >= 0.6 is 0 Å². The summed E-state index contributed by atoms with van der Waals surface area (Å²) >= 11 is 0. The molecule has 4 rings (SSSR count). The van der Waals surface area contributed by atoms with Crippen molar-refractivity contribution >= 4 is 23.7 Å². The van der Waals surface area contributed by atoms with Crippen molar-refractivity contribution in [3.8, 4) is 0 Å². The van der Waals surface area contributed by atoms with E-state index in [9.17, 15) is 19.7 Å². The monoisotopic (exact) mass is 624 g/mol. The number of hydrogen-bond donors (Lipinski definition) is 1. The number of pyridine rings is 1. The first-order valence-electron chi connectivity index (χ1n) is 15.2. The van der Waals surface area contributed by atoms with Gasteiger partial charge < -0.3 is 14.8 Å². The Labute approximate surface area is 269 Å². The van der Waals surface area contributed by atoms with Crippen LogP contribution in [0.5, 0.6) is 0 Å². The highest BCUT2D eigenvalue weighted by molar-refractivity contribution is 6.00. The standard InChI is InChI=1S/C36H40N4O6/c1-24(2)46-36(42)33-26(4)38-25(3)32(34(33)30-11-6-12-31(22-30)40(43)44)35(41)45-20-19-39(5)18-8-10-27-13-15-28(16-14-27)21-29-9-7-17-37-23-29/h6-17,22-24,34,38H,18-21H2,1-5H3. The summed E-state index contributed by atoms with van der Waals surface area (Å²) in [5.74, 6) is -2.13. The molecule has 0 bridgehead atoms. The predicted molar refractivity (Wildman–Crippen MR) is 177 cm³/mol. The Morgan fingerprint density at radius 3 is 2.39 bits per heavy atom. The highest BCUT2D eigenvalue weighted by Gasteiger charge is 2.38. The second-order valence-electron chi connectivity index (χ2n) is 11.5. The van der Waals surface area contributed by atoms with Crippen molar-refractivity contribution in [3.63, 3.8) is 0 Å². The number of nitro groups is 1. The lowest BCUT2D eigenvalue weighted by molar-refractivity contribution is -0.384. The third kappa shape index (κ3) is 8.98. The number of hydrogen-bond acceptors (Lipinski definition) is 9. The lowest BCUT2D eigenvalue weighted by atomic mass is 9.80. The normalized spacial score (nSPS) is 15.0. The molecule has 10 nitrogen and oxygen atoms in total. The van der Waals surface area contributed by atoms with Gasteiger partial charge in [-0.25, -0.2) is 9.59 Å². The minimum absolute atomic E-state index is 0.110. The highest BCUT2D eigenvalue weighted by Crippen LogP contribution is 2.40. The Morgan fingerprint density at radius 2 is 1.74 bits per heavy atom. The zero-order valence-electron chi connectivity index (χ0n) is 26.9. The average Bonchev–Trinajstić information content (AvgIpc) is 3.01. The second-order valence-corrected chi connectivity index (χ2v) is 11.5. The number of ether oxygens (including phenoxy) is 2. The third-order valence-electron chi connectivity index (χ3n) is 7.50. The number of nitrogens with zero attached hydrogens (tertiary/aromatic N) is 3. The molecule has 46 heavy (non-hydrogen) atoms. The summed E-state index contributed by atoms with van der Waals surface area (Å²) in [5.41, 5.74) is 5.16. The topological polar surface area (TPSA) is 124 Å². The zero-order chi connectivity index (χ0) is 33.2. The number of rotatable bonds is 13. The van der Waals surface area contributed by atoms with Gasteiger partial charge in [0, 0.05) is 49.0 Å². The van der Waals surface area contributed by atoms with Gasteiger partial charge in [-0.05, 0) is 69.5 Å². The SMILES string of the molecule is CC1=C(C(=O)OCCN(C)CC=Cc2ccc(Cc3cccnc3)cc2)C(c2cccc([N+](=O)[O-])c2)C(C(=O)OC(C)C)=C(C)N1. The molecule has 0 saturated carbocycles. The van der Waals surface area contributed by atoms with Crippen molar-refractivity contribution in [1.29, 1.82) is 0 Å². The Hall–Kier alpha value is -5.09. The number of allylic oxidation sites excluding steroid dienone is 2. The molecule has 1 aromatic heterocycles. The van der Waals surface area contributed by atoms with Gasteiger partial charge >= 0.3 is 11.9 Å². The van der Waals surface area contributed by atoms with E-state index < -0.39 is 28.9 Å². The molecule has 0 amide bonds. The fourth-order valence-corrected chi connectivity index (χ4v) is 5.28. The van der Waals surface area contributed by atoms with Gasteiger partial charge in [0.2, 0.25) is 0 Å². The van der Waals surface area contributed by atoms with Gasteiger partial charge in [0.25, 0.3) is 5.69 Å². The summed E-state index contributed by atoms with van der Waals surface area (Å²) < 4.78 is 11.2. The van der Waals surface area contributed by atoms with Crippen LogP contribution in [0.4, 0.5) is 5.69 Å². The summed E-state index contributed by atoms with van der Waals surface area (Å²) in [6.45, 7) is 8.12. The molecule has 240 valence electrons. The molecule has 0 saturated heterocycles. The van der Waals surface area contributed by atoms with Crippen LogP contribution < -0.4 is 5.32 Å². The number of carbonyl (C=O) groups is 2. The minimum atomic E-state index is -0.906. The fourth-order valence-electron chi connectivity index (χ4n) is 5.28. The van der Waals surface area contributed by atoms with Crippen LogP contribution in [0.3, 0.4) is 0 Å². The molecule has 1 atom stereocenters. The van der Waals surface area contributed by atoms with E-state index in [1.807, 2.05) is 36.4 Å². The van der Waals surface area contributed by atoms with Crippen LogP contribution in [0, 0.1) is 10.1 Å². The summed E-state index contributed by atoms with van der Waals surface area (Å²) in [6, 6.07) is 18.3. The van der Waals surface area contributed by atoms with Gasteiger partial charge in [-0.15, -0.1) is 0 Å². The molecule has 0 fully saturated rings. The molecule has 1 aliphatic heterocycles. The van der Waals surface area contributed by atoms with Crippen LogP contribution in [-0.4, -0.2) is 59.6 Å². The Morgan fingerprint density at radius 1 is 1.02 bits per heavy atom. The van der Waals surface area contributed by atoms with E-state index in [1.165, 1.54) is 29.3 Å². The fraction of sp³-hybridized carbons (Fsp3) is 0.306. The first-order chi connectivity index (χ1) is 22.0. The van der Waals surface area contributed by atoms with E-state index in [2.05, 4.69) is 40.6 Å². The van der Waals surface area contributed by atoms with Crippen molar-refractivity contribution in [2.75, 3.05) is 26.7 Å². The molecule has 0 radical (unpaired) electrons. The summed E-state index contributed by atoms with van der Waals surface area (Å²) in [7, 11) is 1.93. The molecule has 2 heterocycles. The number of carbonyl (C=O) groups excluding carboxylic acids is 2. The maximum absolute atomic E-state index is 13.6. The summed E-state index contributed by atoms with van der Waals surface area (Å²) in [4.78, 5) is 44.1. The van der Waals surface area contributed by atoms with Gasteiger partial charge in [-0.3, -0.25) is 20.0 Å². The molecule has 2 aromatic carbocycles. The average molecular weight is 625 g/mol. The highest BCUT2D eigenvalue weighted by atomic mass is 16.6. The van der Waals surface area contributed by atoms with Gasteiger partial charge in [0.1, 0.15) is 6.61 Å². The quantitative estimate of drug-likeness (QED) is 0.139. The van der Waals surface area contributed by atoms with Gasteiger partial charge in [-0.1, -0.05) is 54.6 Å². The third-order valence-corrected chi connectivity index (χ3v) is 7.50. The molecule has 0 aliphatic carbocycles. The number of nitrogens with one attached hydrogen (secondary N) is 1. The first-order valence-corrected chi connectivity index (χ1v) is 15.2. The first kappa shape index (κ1) is 33.8. The van der Waals surface area contributed by atoms with E-state index in [1.54, 1.807) is 40.0 Å². The summed E-state index contributed by atoms with van der Waals surface area (Å²) in [5, 5.41) is 14.7. The smallest absolute Gasteiger partial charge is 0.337 e. The van der Waals surface area contributed by atoms with Crippen LogP contribution in [0.2, 0.25) is 0 Å². The van der Waals surface area contributed by atoms with E-state index in [-0.39, 0.29) is 23.4 Å². The van der Waals surface area contributed by atoms with E-state index in [0.29, 0.717) is 30.0 Å². The van der Waals surface area contributed by atoms with Crippen molar-refractivity contribution < 1.29 is 24.0 Å². The predicted octanol–water partition coefficient (Wildman–Crippen LogP) is 5.96. The Bertz CT molecular complexity index is 1640. The molecule has 10 heteroatoms. The second kappa shape index (κ2) is 15.8. The van der Waals surface area contributed by atoms with Crippen LogP contribution in [0.15, 0.2) is 102 Å². The lowest BCUT2D eigenvalue weighted by Gasteiger charge is -2.31. The molecule has 1 unspecified atom stereocenters. The maximum Gasteiger partial charge on any atom is 0.337 e. The number of benzene rings is 2. The van der Waals surface area contributed by atoms with Crippen LogP contribution in [0.1, 0.15) is 55.9 Å². The number of dihydropyridines is 1. The van der Waals surface area contributed by atoms with Crippen LogP contribution in [0.25, 0.3) is 6.08 Å². The lowest BCUT2D eigenvalue weighted by Crippen LogP contribution is -2.34. The van der Waals surface area contributed by atoms with Crippen molar-refractivity contribution in [2.45, 2.75) is 46.1 Å². The van der Waals surface area contributed by atoms with Crippen molar-refractivity contribution in [3.05, 3.63) is 134 Å². The molecule has 1 aliphatic rings. The van der Waals surface area contributed by atoms with Crippen molar-refractivity contribution in [1.82, 2.24) is 15.2 Å². The van der Waals surface area contributed by atoms with Crippen LogP contribution in [-0.2, 0) is 25.5 Å². The summed E-state index contributed by atoms with van der Waals surface area (Å²) in [6.07, 6.45) is 8.17. The number of non-ortho nitro benzene ring substituents is 1. The van der Waals surface area contributed by atoms with E-state index >= 15 is 0 Å². The van der Waals surface area contributed by atoms with E-state index in [4.69, 9.17) is 9.47 Å². The van der Waals surface area contributed by atoms with Gasteiger partial charge in [-0.2, -0.15) is 0 Å². The van der Waals surface area contributed by atoms with Gasteiger partial charge in [0.15, 0.2) is 0 Å². The number of nitro benzene ring substituents is 1. The molecule has 0 spiro atoms. The molecular formula is C36H40N4O6. The van der Waals surface area contributed by atoms with Crippen molar-refractivity contribution in [2.24, 2.45) is 0 Å². The molecular weight excluding hydrogens is 584 g/mol. The Balaban J connectivity index is 1.39. The molecule has 1 N–H and O–H groups in total. The number of likely N-dealkylation sites (N-methyl/N-ethyl adjacent to an activating group) is 1. The number of aromatic nitrogens is 1. The molecule has 3 aromatic rings. The number of esters is 2. The minimum Gasteiger partial charge on any atom is -0.461 e. The Kier molecular flexibility index (Phi) is 11.6.